The molecule has 3 nitrogen and oxygen atoms in total. The molecule has 4 heteroatoms. The van der Waals surface area contributed by atoms with Crippen molar-refractivity contribution in [2.24, 2.45) is 7.05 Å². The summed E-state index contributed by atoms with van der Waals surface area (Å²) in [4.78, 5) is 4.33. The van der Waals surface area contributed by atoms with Crippen LogP contribution >= 0.6 is 0 Å². The maximum atomic E-state index is 13.4. The van der Waals surface area contributed by atoms with Crippen LogP contribution in [0.15, 0.2) is 30.6 Å². The number of rotatable bonds is 5. The molecule has 1 aromatic heterocycles. The molecule has 3 rings (SSSR count). The summed E-state index contributed by atoms with van der Waals surface area (Å²) in [6, 6.07) is 5.66. The van der Waals surface area contributed by atoms with Gasteiger partial charge in [-0.1, -0.05) is 6.07 Å². The second kappa shape index (κ2) is 5.13. The van der Waals surface area contributed by atoms with Gasteiger partial charge in [0.2, 0.25) is 0 Å². The van der Waals surface area contributed by atoms with Crippen LogP contribution in [0.25, 0.3) is 0 Å². The smallest absolute Gasteiger partial charge is 0.123 e. The van der Waals surface area contributed by atoms with Crippen molar-refractivity contribution in [1.82, 2.24) is 14.9 Å². The van der Waals surface area contributed by atoms with Crippen LogP contribution in [0.5, 0.6) is 0 Å². The monoisotopic (exact) mass is 259 g/mol. The topological polar surface area (TPSA) is 29.9 Å². The van der Waals surface area contributed by atoms with E-state index in [9.17, 15) is 4.39 Å². The third-order valence-corrected chi connectivity index (χ3v) is 3.60. The van der Waals surface area contributed by atoms with Gasteiger partial charge >= 0.3 is 0 Å². The van der Waals surface area contributed by atoms with E-state index in [1.165, 1.54) is 18.9 Å². The van der Waals surface area contributed by atoms with Gasteiger partial charge in [-0.15, -0.1) is 0 Å². The maximum Gasteiger partial charge on any atom is 0.123 e. The fraction of sp³-hybridized carbons (Fsp3) is 0.400. The Bertz CT molecular complexity index is 573. The highest BCUT2D eigenvalue weighted by Gasteiger charge is 2.20. The average molecular weight is 259 g/mol. The first-order chi connectivity index (χ1) is 9.22. The molecule has 0 spiro atoms. The zero-order valence-corrected chi connectivity index (χ0v) is 11.1. The van der Waals surface area contributed by atoms with Crippen LogP contribution in [0.2, 0.25) is 0 Å². The van der Waals surface area contributed by atoms with E-state index in [0.717, 1.165) is 29.9 Å². The first-order valence-electron chi connectivity index (χ1n) is 6.69. The predicted molar refractivity (Wildman–Crippen MR) is 72.3 cm³/mol. The molecular weight excluding hydrogens is 241 g/mol. The van der Waals surface area contributed by atoms with Crippen molar-refractivity contribution in [3.05, 3.63) is 53.4 Å². The molecule has 0 aliphatic heterocycles. The minimum absolute atomic E-state index is 0.170. The lowest BCUT2D eigenvalue weighted by Crippen LogP contribution is -2.17. The lowest BCUT2D eigenvalue weighted by Gasteiger charge is -2.11. The Hall–Kier alpha value is -1.68. The van der Waals surface area contributed by atoms with E-state index >= 15 is 0 Å². The molecule has 1 heterocycles. The third kappa shape index (κ3) is 3.01. The van der Waals surface area contributed by atoms with E-state index in [1.807, 2.05) is 23.9 Å². The van der Waals surface area contributed by atoms with Crippen molar-refractivity contribution in [2.75, 3.05) is 0 Å². The van der Waals surface area contributed by atoms with Crippen molar-refractivity contribution >= 4 is 0 Å². The quantitative estimate of drug-likeness (QED) is 0.893. The van der Waals surface area contributed by atoms with Gasteiger partial charge in [0.05, 0.1) is 0 Å². The van der Waals surface area contributed by atoms with Gasteiger partial charge in [-0.25, -0.2) is 9.37 Å². The number of halogens is 1. The van der Waals surface area contributed by atoms with Gasteiger partial charge in [0.15, 0.2) is 0 Å². The SMILES string of the molecule is Cn1ccnc1Cc1ccc(F)cc1CNC1CC1. The average Bonchev–Trinajstić information content (AvgIpc) is 3.14. The minimum atomic E-state index is -0.170. The highest BCUT2D eigenvalue weighted by molar-refractivity contribution is 5.30. The Morgan fingerprint density at radius 3 is 2.89 bits per heavy atom. The van der Waals surface area contributed by atoms with Crippen molar-refractivity contribution in [3.63, 3.8) is 0 Å². The molecule has 0 saturated heterocycles. The van der Waals surface area contributed by atoms with Crippen LogP contribution < -0.4 is 5.32 Å². The molecule has 1 saturated carbocycles. The number of hydrogen-bond donors (Lipinski definition) is 1. The lowest BCUT2D eigenvalue weighted by molar-refractivity contribution is 0.617. The first-order valence-corrected chi connectivity index (χ1v) is 6.69. The normalized spacial score (nSPS) is 14.8. The molecule has 1 aliphatic rings. The number of nitrogens with zero attached hydrogens (tertiary/aromatic N) is 2. The van der Waals surface area contributed by atoms with Gasteiger partial charge in [0, 0.05) is 38.4 Å². The number of aryl methyl sites for hydroxylation is 1. The van der Waals surface area contributed by atoms with Crippen molar-refractivity contribution in [3.8, 4) is 0 Å². The van der Waals surface area contributed by atoms with Crippen LogP contribution in [0.1, 0.15) is 29.8 Å². The van der Waals surface area contributed by atoms with E-state index < -0.39 is 0 Å². The second-order valence-electron chi connectivity index (χ2n) is 5.20. The first kappa shape index (κ1) is 12.4. The number of aromatic nitrogens is 2. The zero-order chi connectivity index (χ0) is 13.2. The van der Waals surface area contributed by atoms with Crippen molar-refractivity contribution in [2.45, 2.75) is 31.8 Å². The van der Waals surface area contributed by atoms with E-state index in [2.05, 4.69) is 10.3 Å². The van der Waals surface area contributed by atoms with Gasteiger partial charge in [-0.05, 0) is 36.1 Å². The number of benzene rings is 1. The fourth-order valence-electron chi connectivity index (χ4n) is 2.21. The van der Waals surface area contributed by atoms with Crippen LogP contribution in [0, 0.1) is 5.82 Å². The summed E-state index contributed by atoms with van der Waals surface area (Å²) in [7, 11) is 1.98. The molecule has 0 amide bonds. The summed E-state index contributed by atoms with van der Waals surface area (Å²) in [5.74, 6) is 0.829. The van der Waals surface area contributed by atoms with E-state index in [-0.39, 0.29) is 5.82 Å². The molecule has 1 aliphatic carbocycles. The number of imidazole rings is 1. The summed E-state index contributed by atoms with van der Waals surface area (Å²) >= 11 is 0. The second-order valence-corrected chi connectivity index (χ2v) is 5.20. The predicted octanol–water partition coefficient (Wildman–Crippen LogP) is 2.40. The standard InChI is InChI=1S/C15H18FN3/c1-19-7-6-17-15(19)9-11-2-3-13(16)8-12(11)10-18-14-4-5-14/h2-3,6-8,14,18H,4-5,9-10H2,1H3. The molecule has 19 heavy (non-hydrogen) atoms. The van der Waals surface area contributed by atoms with Gasteiger partial charge in [0.25, 0.3) is 0 Å². The van der Waals surface area contributed by atoms with Gasteiger partial charge < -0.3 is 9.88 Å². The van der Waals surface area contributed by atoms with Gasteiger partial charge in [-0.3, -0.25) is 0 Å². The van der Waals surface area contributed by atoms with Crippen LogP contribution in [0.3, 0.4) is 0 Å². The number of hydrogen-bond acceptors (Lipinski definition) is 2. The van der Waals surface area contributed by atoms with Crippen LogP contribution in [-0.2, 0) is 20.0 Å². The molecule has 0 unspecified atom stereocenters. The summed E-state index contributed by atoms with van der Waals surface area (Å²) in [6.45, 7) is 0.738. The van der Waals surface area contributed by atoms with E-state index in [1.54, 1.807) is 12.3 Å². The van der Waals surface area contributed by atoms with E-state index in [0.29, 0.717) is 6.04 Å². The fourth-order valence-corrected chi connectivity index (χ4v) is 2.21. The molecule has 0 atom stereocenters. The Balaban J connectivity index is 1.80. The zero-order valence-electron chi connectivity index (χ0n) is 11.1. The summed E-state index contributed by atoms with van der Waals surface area (Å²) in [6.07, 6.45) is 6.95. The van der Waals surface area contributed by atoms with Crippen LogP contribution in [-0.4, -0.2) is 15.6 Å². The van der Waals surface area contributed by atoms with Crippen molar-refractivity contribution < 1.29 is 4.39 Å². The molecule has 2 aromatic rings. The molecule has 0 radical (unpaired) electrons. The van der Waals surface area contributed by atoms with E-state index in [4.69, 9.17) is 0 Å². The number of nitrogens with one attached hydrogen (secondary N) is 1. The summed E-state index contributed by atoms with van der Waals surface area (Å²) in [5, 5.41) is 3.44. The maximum absolute atomic E-state index is 13.4. The summed E-state index contributed by atoms with van der Waals surface area (Å²) in [5.41, 5.74) is 2.18. The Morgan fingerprint density at radius 1 is 1.37 bits per heavy atom. The molecule has 100 valence electrons. The Labute approximate surface area is 112 Å². The third-order valence-electron chi connectivity index (χ3n) is 3.60. The summed E-state index contributed by atoms with van der Waals surface area (Å²) < 4.78 is 15.4. The molecule has 0 bridgehead atoms. The minimum Gasteiger partial charge on any atom is -0.338 e. The molecule has 1 fully saturated rings. The van der Waals surface area contributed by atoms with Crippen LogP contribution in [0.4, 0.5) is 4.39 Å². The van der Waals surface area contributed by atoms with Crippen molar-refractivity contribution in [1.29, 1.82) is 0 Å². The highest BCUT2D eigenvalue weighted by Crippen LogP contribution is 2.21. The Kier molecular flexibility index (Phi) is 3.34. The molecular formula is C15H18FN3. The largest absolute Gasteiger partial charge is 0.338 e. The van der Waals surface area contributed by atoms with Gasteiger partial charge in [-0.2, -0.15) is 0 Å². The molecule has 1 N–H and O–H groups in total. The van der Waals surface area contributed by atoms with Gasteiger partial charge in [0.1, 0.15) is 11.6 Å². The highest BCUT2D eigenvalue weighted by atomic mass is 19.1. The lowest BCUT2D eigenvalue weighted by atomic mass is 10.0. The molecule has 1 aromatic carbocycles. The Morgan fingerprint density at radius 2 is 2.21 bits per heavy atom.